The van der Waals surface area contributed by atoms with E-state index >= 15 is 0 Å². The van der Waals surface area contributed by atoms with Crippen LogP contribution in [0.3, 0.4) is 0 Å². The molecule has 3 N–H and O–H groups in total. The van der Waals surface area contributed by atoms with Gasteiger partial charge in [0, 0.05) is 18.8 Å². The minimum Gasteiger partial charge on any atom is -0.324 e. The van der Waals surface area contributed by atoms with Crippen LogP contribution < -0.4 is 16.2 Å². The Morgan fingerprint density at radius 3 is 2.52 bits per heavy atom. The average molecular weight is 284 g/mol. The van der Waals surface area contributed by atoms with Crippen molar-refractivity contribution in [2.75, 3.05) is 17.4 Å². The number of pyridine rings is 1. The lowest BCUT2D eigenvalue weighted by atomic mass is 10.2. The second-order valence-electron chi connectivity index (χ2n) is 4.16. The zero-order valence-corrected chi connectivity index (χ0v) is 11.1. The van der Waals surface area contributed by atoms with Gasteiger partial charge >= 0.3 is 5.69 Å². The fraction of sp³-hybridized carbons (Fsp3) is 0.0769. The lowest BCUT2D eigenvalue weighted by Gasteiger charge is -2.18. The van der Waals surface area contributed by atoms with E-state index in [1.54, 1.807) is 36.2 Å². The van der Waals surface area contributed by atoms with Gasteiger partial charge in [0.1, 0.15) is 5.82 Å². The Kier molecular flexibility index (Phi) is 3.97. The third-order valence-corrected chi connectivity index (χ3v) is 2.90. The zero-order valence-electron chi connectivity index (χ0n) is 11.1. The number of nitrogen functional groups attached to an aromatic ring is 1. The topological polar surface area (TPSA) is 121 Å². The van der Waals surface area contributed by atoms with Gasteiger partial charge in [0.05, 0.1) is 16.6 Å². The summed E-state index contributed by atoms with van der Waals surface area (Å²) in [5.74, 6) is 5.75. The molecule has 106 valence electrons. The molecule has 1 aromatic heterocycles. The highest BCUT2D eigenvalue weighted by atomic mass is 16.6. The van der Waals surface area contributed by atoms with Crippen molar-refractivity contribution in [3.63, 3.8) is 0 Å². The zero-order chi connectivity index (χ0) is 15.4. The molecule has 1 heterocycles. The van der Waals surface area contributed by atoms with Crippen LogP contribution in [0.15, 0.2) is 36.4 Å². The van der Waals surface area contributed by atoms with Crippen molar-refractivity contribution in [1.82, 2.24) is 4.98 Å². The van der Waals surface area contributed by atoms with E-state index in [2.05, 4.69) is 10.4 Å². The molecule has 0 aliphatic heterocycles. The number of hydrogen-bond donors (Lipinski definition) is 2. The number of nitrogens with one attached hydrogen (secondary N) is 1. The average Bonchev–Trinajstić information content (AvgIpc) is 2.53. The van der Waals surface area contributed by atoms with Gasteiger partial charge in [0.25, 0.3) is 0 Å². The quantitative estimate of drug-likeness (QED) is 0.499. The molecule has 0 fully saturated rings. The highest BCUT2D eigenvalue weighted by Crippen LogP contribution is 2.31. The highest BCUT2D eigenvalue weighted by Gasteiger charge is 2.20. The maximum Gasteiger partial charge on any atom is 0.312 e. The van der Waals surface area contributed by atoms with Crippen molar-refractivity contribution in [3.8, 4) is 6.07 Å². The molecule has 2 rings (SSSR count). The molecule has 8 heteroatoms. The van der Waals surface area contributed by atoms with Gasteiger partial charge in [0.2, 0.25) is 5.82 Å². The lowest BCUT2D eigenvalue weighted by Crippen LogP contribution is -2.16. The summed E-state index contributed by atoms with van der Waals surface area (Å²) in [6, 6.07) is 11.4. The van der Waals surface area contributed by atoms with Crippen molar-refractivity contribution in [2.45, 2.75) is 0 Å². The van der Waals surface area contributed by atoms with E-state index in [-0.39, 0.29) is 11.5 Å². The predicted octanol–water partition coefficient (Wildman–Crippen LogP) is 1.91. The first-order valence-electron chi connectivity index (χ1n) is 5.92. The first kappa shape index (κ1) is 14.2. The standard InChI is InChI=1S/C13H12N6O2/c1-18(10-4-2-9(8-14)3-5-10)13-11(19(20)21)6-7-12(16-13)17-15/h2-7H,15H2,1H3,(H,16,17). The molecule has 2 aromatic rings. The molecule has 21 heavy (non-hydrogen) atoms. The number of benzene rings is 1. The van der Waals surface area contributed by atoms with E-state index in [0.717, 1.165) is 0 Å². The Labute approximate surface area is 120 Å². The molecule has 8 nitrogen and oxygen atoms in total. The number of rotatable bonds is 4. The number of nitrogens with zero attached hydrogens (tertiary/aromatic N) is 4. The summed E-state index contributed by atoms with van der Waals surface area (Å²) in [4.78, 5) is 16.3. The number of hydrogen-bond acceptors (Lipinski definition) is 7. The van der Waals surface area contributed by atoms with Crippen molar-refractivity contribution < 1.29 is 4.92 Å². The largest absolute Gasteiger partial charge is 0.324 e. The summed E-state index contributed by atoms with van der Waals surface area (Å²) in [5, 5.41) is 19.9. The summed E-state index contributed by atoms with van der Waals surface area (Å²) in [5.41, 5.74) is 3.39. The molecular weight excluding hydrogens is 272 g/mol. The molecule has 0 aliphatic carbocycles. The Morgan fingerprint density at radius 1 is 1.33 bits per heavy atom. The van der Waals surface area contributed by atoms with E-state index in [1.807, 2.05) is 6.07 Å². The van der Waals surface area contributed by atoms with Gasteiger partial charge in [0.15, 0.2) is 0 Å². The summed E-state index contributed by atoms with van der Waals surface area (Å²) >= 11 is 0. The summed E-state index contributed by atoms with van der Waals surface area (Å²) in [6.07, 6.45) is 0. The summed E-state index contributed by atoms with van der Waals surface area (Å²) < 4.78 is 0. The van der Waals surface area contributed by atoms with E-state index in [9.17, 15) is 10.1 Å². The fourth-order valence-electron chi connectivity index (χ4n) is 1.79. The Balaban J connectivity index is 2.47. The maximum absolute atomic E-state index is 11.1. The third kappa shape index (κ3) is 2.88. The smallest absolute Gasteiger partial charge is 0.312 e. The van der Waals surface area contributed by atoms with E-state index < -0.39 is 4.92 Å². The number of aromatic nitrogens is 1. The molecule has 0 saturated carbocycles. The van der Waals surface area contributed by atoms with E-state index in [1.165, 1.54) is 12.1 Å². The summed E-state index contributed by atoms with van der Waals surface area (Å²) in [6.45, 7) is 0. The summed E-state index contributed by atoms with van der Waals surface area (Å²) in [7, 11) is 1.65. The van der Waals surface area contributed by atoms with Crippen LogP contribution >= 0.6 is 0 Å². The highest BCUT2D eigenvalue weighted by molar-refractivity contribution is 5.70. The van der Waals surface area contributed by atoms with Crippen molar-refractivity contribution in [2.24, 2.45) is 5.84 Å². The second kappa shape index (κ2) is 5.85. The van der Waals surface area contributed by atoms with Crippen LogP contribution in [0.25, 0.3) is 0 Å². The Bertz CT molecular complexity index is 708. The van der Waals surface area contributed by atoms with Gasteiger partial charge in [-0.15, -0.1) is 0 Å². The first-order chi connectivity index (χ1) is 10.1. The van der Waals surface area contributed by atoms with Crippen LogP contribution in [0.5, 0.6) is 0 Å². The SMILES string of the molecule is CN(c1ccc(C#N)cc1)c1nc(NN)ccc1[N+](=O)[O-]. The monoisotopic (exact) mass is 284 g/mol. The van der Waals surface area contributed by atoms with E-state index in [4.69, 9.17) is 11.1 Å². The van der Waals surface area contributed by atoms with E-state index in [0.29, 0.717) is 17.1 Å². The molecular formula is C13H12N6O2. The molecule has 0 saturated heterocycles. The number of nitrogens with two attached hydrogens (primary N) is 1. The van der Waals surface area contributed by atoms with Gasteiger partial charge < -0.3 is 10.3 Å². The minimum absolute atomic E-state index is 0.138. The Morgan fingerprint density at radius 2 is 2.00 bits per heavy atom. The molecule has 0 spiro atoms. The van der Waals surface area contributed by atoms with Crippen molar-refractivity contribution in [1.29, 1.82) is 5.26 Å². The minimum atomic E-state index is -0.511. The molecule has 0 atom stereocenters. The van der Waals surface area contributed by atoms with Gasteiger partial charge in [-0.2, -0.15) is 5.26 Å². The molecule has 0 radical (unpaired) electrons. The predicted molar refractivity (Wildman–Crippen MR) is 77.9 cm³/mol. The second-order valence-corrected chi connectivity index (χ2v) is 4.16. The fourth-order valence-corrected chi connectivity index (χ4v) is 1.79. The van der Waals surface area contributed by atoms with Crippen LogP contribution in [0, 0.1) is 21.4 Å². The molecule has 1 aromatic carbocycles. The third-order valence-electron chi connectivity index (χ3n) is 2.90. The van der Waals surface area contributed by atoms with Crippen molar-refractivity contribution in [3.05, 3.63) is 52.1 Å². The molecule has 0 amide bonds. The van der Waals surface area contributed by atoms with Crippen LogP contribution in [-0.2, 0) is 0 Å². The maximum atomic E-state index is 11.1. The van der Waals surface area contributed by atoms with Crippen LogP contribution in [0.4, 0.5) is 23.0 Å². The lowest BCUT2D eigenvalue weighted by molar-refractivity contribution is -0.384. The number of hydrazine groups is 1. The number of nitriles is 1. The molecule has 0 unspecified atom stereocenters. The van der Waals surface area contributed by atoms with Crippen LogP contribution in [0.2, 0.25) is 0 Å². The normalized spacial score (nSPS) is 9.76. The number of nitro groups is 1. The molecule has 0 bridgehead atoms. The van der Waals surface area contributed by atoms with Crippen molar-refractivity contribution >= 4 is 23.0 Å². The Hall–Kier alpha value is -3.18. The molecule has 0 aliphatic rings. The van der Waals surface area contributed by atoms with Gasteiger partial charge in [-0.1, -0.05) is 0 Å². The van der Waals surface area contributed by atoms with Gasteiger partial charge in [-0.3, -0.25) is 10.1 Å². The van der Waals surface area contributed by atoms with Crippen LogP contribution in [-0.4, -0.2) is 17.0 Å². The van der Waals surface area contributed by atoms with Gasteiger partial charge in [-0.25, -0.2) is 10.8 Å². The van der Waals surface area contributed by atoms with Crippen LogP contribution in [0.1, 0.15) is 5.56 Å². The number of anilines is 3. The van der Waals surface area contributed by atoms with Gasteiger partial charge in [-0.05, 0) is 30.3 Å². The first-order valence-corrected chi connectivity index (χ1v) is 5.92.